The molecule has 7 nitrogen and oxygen atoms in total. The number of ether oxygens (including phenoxy) is 1. The first-order valence-corrected chi connectivity index (χ1v) is 7.54. The summed E-state index contributed by atoms with van der Waals surface area (Å²) in [5.41, 5.74) is -2.37. The van der Waals surface area contributed by atoms with E-state index >= 15 is 0 Å². The van der Waals surface area contributed by atoms with Gasteiger partial charge in [-0.05, 0) is 18.2 Å². The summed E-state index contributed by atoms with van der Waals surface area (Å²) >= 11 is 5.70. The molecule has 1 amide bonds. The van der Waals surface area contributed by atoms with Crippen LogP contribution in [0.15, 0.2) is 42.5 Å². The van der Waals surface area contributed by atoms with Gasteiger partial charge in [-0.2, -0.15) is 13.2 Å². The van der Waals surface area contributed by atoms with Gasteiger partial charge < -0.3 is 10.1 Å². The highest BCUT2D eigenvalue weighted by atomic mass is 35.5. The van der Waals surface area contributed by atoms with Crippen molar-refractivity contribution in [1.82, 2.24) is 0 Å². The molecule has 0 saturated heterocycles. The van der Waals surface area contributed by atoms with Crippen LogP contribution >= 0.6 is 11.6 Å². The van der Waals surface area contributed by atoms with Crippen molar-refractivity contribution < 1.29 is 32.4 Å². The summed E-state index contributed by atoms with van der Waals surface area (Å²) in [6, 6.07) is 7.52. The lowest BCUT2D eigenvalue weighted by molar-refractivity contribution is -0.384. The number of nitrogens with one attached hydrogen (secondary N) is 1. The number of carbonyl (C=O) groups is 2. The molecule has 0 aromatic heterocycles. The van der Waals surface area contributed by atoms with Crippen molar-refractivity contribution in [3.8, 4) is 0 Å². The second-order valence-electron chi connectivity index (χ2n) is 5.09. The number of para-hydroxylation sites is 1. The number of benzene rings is 2. The van der Waals surface area contributed by atoms with Crippen molar-refractivity contribution >= 4 is 34.9 Å². The number of nitro groups is 1. The van der Waals surface area contributed by atoms with Crippen molar-refractivity contribution in [2.24, 2.45) is 0 Å². The SMILES string of the molecule is O=C(COC(=O)c1cccc([N+](=O)[O-])c1)Nc1c(Cl)cccc1C(F)(F)F. The number of halogens is 4. The van der Waals surface area contributed by atoms with Gasteiger partial charge in [-0.1, -0.05) is 23.7 Å². The van der Waals surface area contributed by atoms with Crippen molar-refractivity contribution in [2.45, 2.75) is 6.18 Å². The van der Waals surface area contributed by atoms with Crippen molar-refractivity contribution in [2.75, 3.05) is 11.9 Å². The van der Waals surface area contributed by atoms with E-state index in [1.54, 1.807) is 0 Å². The van der Waals surface area contributed by atoms with E-state index in [0.29, 0.717) is 0 Å². The minimum Gasteiger partial charge on any atom is -0.452 e. The van der Waals surface area contributed by atoms with Crippen LogP contribution in [0.3, 0.4) is 0 Å². The molecule has 0 fully saturated rings. The van der Waals surface area contributed by atoms with Crippen molar-refractivity contribution in [3.63, 3.8) is 0 Å². The third-order valence-electron chi connectivity index (χ3n) is 3.21. The molecule has 0 saturated carbocycles. The standard InChI is InChI=1S/C16H10ClF3N2O5/c17-12-6-2-5-11(16(18,19)20)14(12)21-13(23)8-27-15(24)9-3-1-4-10(7-9)22(25)26/h1-7H,8H2,(H,21,23). The molecule has 0 bridgehead atoms. The predicted octanol–water partition coefficient (Wildman–Crippen LogP) is 4.06. The fourth-order valence-corrected chi connectivity index (χ4v) is 2.25. The second kappa shape index (κ2) is 8.04. The smallest absolute Gasteiger partial charge is 0.418 e. The number of esters is 1. The van der Waals surface area contributed by atoms with Crippen LogP contribution in [0.25, 0.3) is 0 Å². The van der Waals surface area contributed by atoms with Gasteiger partial charge >= 0.3 is 12.1 Å². The van der Waals surface area contributed by atoms with Gasteiger partial charge in [0.05, 0.1) is 26.8 Å². The summed E-state index contributed by atoms with van der Waals surface area (Å²) in [6.07, 6.45) is -4.76. The maximum Gasteiger partial charge on any atom is 0.418 e. The molecule has 1 N–H and O–H groups in total. The number of non-ortho nitro benzene ring substituents is 1. The number of rotatable bonds is 5. The Kier molecular flexibility index (Phi) is 6.01. The molecule has 27 heavy (non-hydrogen) atoms. The summed E-state index contributed by atoms with van der Waals surface area (Å²) in [5.74, 6) is -2.11. The third kappa shape index (κ3) is 5.17. The molecule has 0 unspecified atom stereocenters. The highest BCUT2D eigenvalue weighted by Crippen LogP contribution is 2.38. The van der Waals surface area contributed by atoms with Gasteiger partial charge in [0.2, 0.25) is 0 Å². The van der Waals surface area contributed by atoms with Crippen LogP contribution in [0.5, 0.6) is 0 Å². The molecule has 11 heteroatoms. The molecule has 0 aliphatic carbocycles. The molecule has 2 aromatic carbocycles. The Morgan fingerprint density at radius 1 is 1.19 bits per heavy atom. The zero-order valence-electron chi connectivity index (χ0n) is 13.2. The monoisotopic (exact) mass is 402 g/mol. The summed E-state index contributed by atoms with van der Waals surface area (Å²) in [6.45, 7) is -0.913. The molecular formula is C16H10ClF3N2O5. The number of hydrogen-bond donors (Lipinski definition) is 1. The fourth-order valence-electron chi connectivity index (χ4n) is 2.02. The van der Waals surface area contributed by atoms with Gasteiger partial charge in [0, 0.05) is 12.1 Å². The number of amides is 1. The topological polar surface area (TPSA) is 98.5 Å². The molecule has 0 aliphatic heterocycles. The van der Waals surface area contributed by atoms with Gasteiger partial charge in [0.15, 0.2) is 6.61 Å². The first-order valence-electron chi connectivity index (χ1n) is 7.16. The lowest BCUT2D eigenvalue weighted by Gasteiger charge is -2.15. The number of nitrogens with zero attached hydrogens (tertiary/aromatic N) is 1. The molecular weight excluding hydrogens is 393 g/mol. The minimum absolute atomic E-state index is 0.189. The Balaban J connectivity index is 2.06. The third-order valence-corrected chi connectivity index (χ3v) is 3.53. The van der Waals surface area contributed by atoms with E-state index < -0.39 is 40.8 Å². The van der Waals surface area contributed by atoms with E-state index in [1.807, 2.05) is 5.32 Å². The second-order valence-corrected chi connectivity index (χ2v) is 5.50. The Bertz CT molecular complexity index is 902. The molecule has 0 radical (unpaired) electrons. The zero-order valence-corrected chi connectivity index (χ0v) is 14.0. The highest BCUT2D eigenvalue weighted by Gasteiger charge is 2.34. The first kappa shape index (κ1) is 20.2. The Morgan fingerprint density at radius 3 is 2.48 bits per heavy atom. The fraction of sp³-hybridized carbons (Fsp3) is 0.125. The average Bonchev–Trinajstić information content (AvgIpc) is 2.60. The molecule has 0 atom stereocenters. The summed E-state index contributed by atoms with van der Waals surface area (Å²) in [5, 5.41) is 12.3. The maximum absolute atomic E-state index is 13.0. The van der Waals surface area contributed by atoms with Gasteiger partial charge in [-0.3, -0.25) is 14.9 Å². The van der Waals surface area contributed by atoms with E-state index in [4.69, 9.17) is 11.6 Å². The van der Waals surface area contributed by atoms with Gasteiger partial charge in [-0.25, -0.2) is 4.79 Å². The average molecular weight is 403 g/mol. The largest absolute Gasteiger partial charge is 0.452 e. The van der Waals surface area contributed by atoms with Gasteiger partial charge in [0.1, 0.15) is 0 Å². The van der Waals surface area contributed by atoms with Crippen LogP contribution in [0.4, 0.5) is 24.5 Å². The van der Waals surface area contributed by atoms with Crippen LogP contribution < -0.4 is 5.32 Å². The quantitative estimate of drug-likeness (QED) is 0.462. The van der Waals surface area contributed by atoms with E-state index in [2.05, 4.69) is 4.74 Å². The number of alkyl halides is 3. The molecule has 0 heterocycles. The summed E-state index contributed by atoms with van der Waals surface area (Å²) in [7, 11) is 0. The molecule has 0 spiro atoms. The number of anilines is 1. The number of carbonyl (C=O) groups excluding carboxylic acids is 2. The first-order chi connectivity index (χ1) is 12.6. The maximum atomic E-state index is 13.0. The Labute approximate surface area is 154 Å². The van der Waals surface area contributed by atoms with E-state index in [1.165, 1.54) is 12.1 Å². The minimum atomic E-state index is -4.76. The van der Waals surface area contributed by atoms with Gasteiger partial charge in [-0.15, -0.1) is 0 Å². The summed E-state index contributed by atoms with van der Waals surface area (Å²) in [4.78, 5) is 33.6. The van der Waals surface area contributed by atoms with E-state index in [9.17, 15) is 32.9 Å². The Morgan fingerprint density at radius 2 is 1.85 bits per heavy atom. The van der Waals surface area contributed by atoms with Crippen molar-refractivity contribution in [3.05, 3.63) is 68.7 Å². The lowest BCUT2D eigenvalue weighted by Crippen LogP contribution is -2.23. The molecule has 2 rings (SSSR count). The number of hydrogen-bond acceptors (Lipinski definition) is 5. The predicted molar refractivity (Wildman–Crippen MR) is 88.5 cm³/mol. The highest BCUT2D eigenvalue weighted by molar-refractivity contribution is 6.34. The normalized spacial score (nSPS) is 11.0. The van der Waals surface area contributed by atoms with Crippen LogP contribution in [-0.2, 0) is 15.7 Å². The zero-order chi connectivity index (χ0) is 20.2. The number of nitro benzene ring substituents is 1. The van der Waals surface area contributed by atoms with Gasteiger partial charge in [0.25, 0.3) is 11.6 Å². The Hall–Kier alpha value is -3.14. The molecule has 142 valence electrons. The van der Waals surface area contributed by atoms with Crippen LogP contribution in [-0.4, -0.2) is 23.4 Å². The van der Waals surface area contributed by atoms with E-state index in [0.717, 1.165) is 30.3 Å². The van der Waals surface area contributed by atoms with Crippen LogP contribution in [0, 0.1) is 10.1 Å². The molecule has 2 aromatic rings. The van der Waals surface area contributed by atoms with Crippen LogP contribution in [0.2, 0.25) is 5.02 Å². The lowest BCUT2D eigenvalue weighted by atomic mass is 10.1. The van der Waals surface area contributed by atoms with E-state index in [-0.39, 0.29) is 16.3 Å². The van der Waals surface area contributed by atoms with Crippen molar-refractivity contribution in [1.29, 1.82) is 0 Å². The molecule has 0 aliphatic rings. The van der Waals surface area contributed by atoms with Crippen LogP contribution in [0.1, 0.15) is 15.9 Å². The summed E-state index contributed by atoms with van der Waals surface area (Å²) < 4.78 is 43.6.